The van der Waals surface area contributed by atoms with Crippen LogP contribution in [0.4, 0.5) is 0 Å². The monoisotopic (exact) mass is 527 g/mol. The summed E-state index contributed by atoms with van der Waals surface area (Å²) in [5, 5.41) is 0. The van der Waals surface area contributed by atoms with Crippen molar-refractivity contribution in [3.63, 3.8) is 0 Å². The molecule has 0 bridgehead atoms. The van der Waals surface area contributed by atoms with Crippen LogP contribution in [0.25, 0.3) is 0 Å². The van der Waals surface area contributed by atoms with Gasteiger partial charge in [0.05, 0.1) is 0 Å². The van der Waals surface area contributed by atoms with Crippen LogP contribution >= 0.6 is 36.7 Å². The molecule has 0 rings (SSSR count). The van der Waals surface area contributed by atoms with Crippen LogP contribution in [-0.2, 0) is 37.9 Å². The van der Waals surface area contributed by atoms with Crippen molar-refractivity contribution in [2.24, 2.45) is 0 Å². The van der Waals surface area contributed by atoms with Crippen LogP contribution in [0.2, 0.25) is 0 Å². The van der Waals surface area contributed by atoms with Gasteiger partial charge in [-0.3, -0.25) is 0 Å². The summed E-state index contributed by atoms with van der Waals surface area (Å²) in [6.07, 6.45) is 10.6. The van der Waals surface area contributed by atoms with Crippen LogP contribution in [0.1, 0.15) is 0 Å². The molecule has 10 heteroatoms. The Morgan fingerprint density at radius 2 is 0.613 bits per heavy atom. The maximum Gasteiger partial charge on any atom is 3.00 e. The first-order chi connectivity index (χ1) is 14.2. The number of thiocarbonyl (C=S) groups is 3. The van der Waals surface area contributed by atoms with E-state index < -0.39 is 0 Å². The molecule has 0 aliphatic carbocycles. The van der Waals surface area contributed by atoms with Crippen LogP contribution in [0.5, 0.6) is 0 Å². The van der Waals surface area contributed by atoms with Gasteiger partial charge in [-0.2, -0.15) is 0 Å². The largest absolute Gasteiger partial charge is 3.00 e. The second-order valence-corrected chi connectivity index (χ2v) is 8.34. The molecule has 0 atom stereocenters. The van der Waals surface area contributed by atoms with Crippen molar-refractivity contribution in [3.05, 3.63) is 75.9 Å². The zero-order chi connectivity index (χ0) is 23.9. The van der Waals surface area contributed by atoms with Crippen molar-refractivity contribution in [2.75, 3.05) is 39.3 Å². The van der Waals surface area contributed by atoms with E-state index in [1.807, 2.05) is 14.7 Å². The smallest absolute Gasteiger partial charge is 0.411 e. The van der Waals surface area contributed by atoms with Gasteiger partial charge in [-0.1, -0.05) is 49.4 Å². The zero-order valence-electron chi connectivity index (χ0n) is 17.8. The van der Waals surface area contributed by atoms with E-state index in [4.69, 9.17) is 74.5 Å². The quantitative estimate of drug-likeness (QED) is 0.159. The first-order valence-electron chi connectivity index (χ1n) is 8.69. The SMILES string of the molecule is C=CCN(CC=C)C(=S)[S-].C=CCN(CC=C)C(=S)[S-].C=CCN(CC=C)C(=S)[S-].[B+3]. The molecule has 0 aliphatic heterocycles. The molecule has 0 saturated heterocycles. The van der Waals surface area contributed by atoms with E-state index >= 15 is 0 Å². The maximum atomic E-state index is 4.79. The normalized spacial score (nSPS) is 8.13. The van der Waals surface area contributed by atoms with Crippen molar-refractivity contribution >= 4 is 95.9 Å². The Labute approximate surface area is 224 Å². The van der Waals surface area contributed by atoms with E-state index in [-0.39, 0.29) is 8.41 Å². The summed E-state index contributed by atoms with van der Waals surface area (Å²) in [5.41, 5.74) is 0. The Hall–Kier alpha value is -1.17. The minimum atomic E-state index is 0. The molecule has 0 aromatic rings. The van der Waals surface area contributed by atoms with Crippen molar-refractivity contribution in [1.82, 2.24) is 14.7 Å². The summed E-state index contributed by atoms with van der Waals surface area (Å²) in [6.45, 7) is 25.7. The van der Waals surface area contributed by atoms with Gasteiger partial charge < -0.3 is 89.2 Å². The van der Waals surface area contributed by atoms with Crippen LogP contribution in [0.3, 0.4) is 0 Å². The fraction of sp³-hybridized carbons (Fsp3) is 0.286. The van der Waals surface area contributed by atoms with E-state index in [0.29, 0.717) is 52.2 Å². The molecule has 0 heterocycles. The molecule has 0 spiro atoms. The van der Waals surface area contributed by atoms with Crippen molar-refractivity contribution in [1.29, 1.82) is 0 Å². The summed E-state index contributed by atoms with van der Waals surface area (Å²) in [4.78, 5) is 5.51. The van der Waals surface area contributed by atoms with Gasteiger partial charge >= 0.3 is 8.41 Å². The van der Waals surface area contributed by atoms with Crippen LogP contribution in [0.15, 0.2) is 75.9 Å². The summed E-state index contributed by atoms with van der Waals surface area (Å²) in [5.74, 6) is 0. The molecule has 0 aromatic heterocycles. The first-order valence-corrected chi connectivity index (χ1v) is 11.1. The van der Waals surface area contributed by atoms with E-state index in [9.17, 15) is 0 Å². The fourth-order valence-corrected chi connectivity index (χ4v) is 2.50. The van der Waals surface area contributed by atoms with Gasteiger partial charge in [0.25, 0.3) is 0 Å². The Morgan fingerprint density at radius 3 is 0.677 bits per heavy atom. The molecule has 3 nitrogen and oxygen atoms in total. The molecule has 0 amide bonds. The minimum Gasteiger partial charge on any atom is -0.411 e. The summed E-state index contributed by atoms with van der Waals surface area (Å²) in [6, 6.07) is 0. The summed E-state index contributed by atoms with van der Waals surface area (Å²) >= 11 is 28.8. The van der Waals surface area contributed by atoms with Crippen LogP contribution in [-0.4, -0.2) is 75.3 Å². The zero-order valence-corrected chi connectivity index (χ0v) is 22.7. The van der Waals surface area contributed by atoms with Gasteiger partial charge in [-0.25, -0.2) is 0 Å². The Balaban J connectivity index is -0.000000174. The second kappa shape index (κ2) is 26.9. The minimum absolute atomic E-state index is 0. The van der Waals surface area contributed by atoms with Crippen molar-refractivity contribution in [3.8, 4) is 0 Å². The molecule has 0 radical (unpaired) electrons. The second-order valence-electron chi connectivity index (χ2n) is 5.24. The predicted octanol–water partition coefficient (Wildman–Crippen LogP) is 4.10. The third-order valence-corrected chi connectivity index (χ3v) is 4.42. The predicted molar refractivity (Wildman–Crippen MR) is 162 cm³/mol. The molecule has 0 N–H and O–H groups in total. The van der Waals surface area contributed by atoms with E-state index in [1.54, 1.807) is 36.5 Å². The Kier molecular flexibility index (Phi) is 32.2. The molecule has 168 valence electrons. The number of rotatable bonds is 12. The number of hydrogen-bond acceptors (Lipinski definition) is 6. The molecular formula is C21H30BN3S6. The Morgan fingerprint density at radius 1 is 0.484 bits per heavy atom. The topological polar surface area (TPSA) is 9.72 Å². The first kappa shape index (κ1) is 37.2. The maximum absolute atomic E-state index is 4.79. The molecule has 0 aliphatic rings. The van der Waals surface area contributed by atoms with E-state index in [2.05, 4.69) is 39.5 Å². The van der Waals surface area contributed by atoms with E-state index in [1.165, 1.54) is 0 Å². The molecule has 0 fully saturated rings. The van der Waals surface area contributed by atoms with Crippen molar-refractivity contribution in [2.45, 2.75) is 0 Å². The van der Waals surface area contributed by atoms with Gasteiger partial charge in [-0.05, 0) is 0 Å². The van der Waals surface area contributed by atoms with E-state index in [0.717, 1.165) is 0 Å². The third kappa shape index (κ3) is 25.0. The molecular weight excluding hydrogens is 497 g/mol. The van der Waals surface area contributed by atoms with Crippen LogP contribution < -0.4 is 0 Å². The van der Waals surface area contributed by atoms with Crippen LogP contribution in [0, 0.1) is 0 Å². The van der Waals surface area contributed by atoms with Gasteiger partial charge in [0.1, 0.15) is 0 Å². The van der Waals surface area contributed by atoms with Crippen molar-refractivity contribution < 1.29 is 0 Å². The molecule has 0 saturated carbocycles. The average molecular weight is 528 g/mol. The molecule has 0 unspecified atom stereocenters. The Bertz CT molecular complexity index is 485. The summed E-state index contributed by atoms with van der Waals surface area (Å²) < 4.78 is 1.42. The number of nitrogens with zero attached hydrogens (tertiary/aromatic N) is 3. The van der Waals surface area contributed by atoms with Gasteiger partial charge in [0, 0.05) is 39.3 Å². The van der Waals surface area contributed by atoms with Gasteiger partial charge in [0.15, 0.2) is 0 Å². The molecule has 31 heavy (non-hydrogen) atoms. The standard InChI is InChI=1S/3C7H11NS2.B/c3*1-3-5-8(6-4-2)7(9)10;/h3*3-4H,1-2,5-6H2,(H,9,10);/q;;;+3/p-3. The average Bonchev–Trinajstić information content (AvgIpc) is 2.68. The third-order valence-electron chi connectivity index (χ3n) is 2.87. The van der Waals surface area contributed by atoms with Gasteiger partial charge in [0.2, 0.25) is 0 Å². The summed E-state index contributed by atoms with van der Waals surface area (Å²) in [7, 11) is 0. The molecule has 0 aromatic carbocycles. The fourth-order valence-electron chi connectivity index (χ4n) is 1.61. The van der Waals surface area contributed by atoms with Gasteiger partial charge in [-0.15, -0.1) is 39.5 Å². The number of hydrogen-bond donors (Lipinski definition) is 0.